The van der Waals surface area contributed by atoms with Crippen molar-refractivity contribution in [2.45, 2.75) is 38.3 Å². The minimum Gasteiger partial charge on any atom is -0.382 e. The Labute approximate surface area is 119 Å². The van der Waals surface area contributed by atoms with E-state index >= 15 is 0 Å². The number of anilines is 1. The van der Waals surface area contributed by atoms with Crippen LogP contribution in [-0.4, -0.2) is 57.7 Å². The van der Waals surface area contributed by atoms with Gasteiger partial charge in [0.2, 0.25) is 5.91 Å². The molecule has 1 atom stereocenters. The smallest absolute Gasteiger partial charge is 0.244 e. The Bertz CT molecular complexity index is 466. The molecule has 0 aromatic carbocycles. The highest BCUT2D eigenvalue weighted by atomic mass is 16.2. The summed E-state index contributed by atoms with van der Waals surface area (Å²) < 4.78 is 1.62. The average molecular weight is 277 g/mol. The van der Waals surface area contributed by atoms with Crippen LogP contribution < -0.4 is 5.73 Å². The Kier molecular flexibility index (Phi) is 3.91. The second-order valence-corrected chi connectivity index (χ2v) is 5.82. The van der Waals surface area contributed by atoms with Crippen LogP contribution in [0.4, 0.5) is 5.82 Å². The number of piperidine rings is 1. The van der Waals surface area contributed by atoms with Crippen molar-refractivity contribution in [1.82, 2.24) is 19.6 Å². The molecule has 1 amide bonds. The molecule has 2 saturated heterocycles. The summed E-state index contributed by atoms with van der Waals surface area (Å²) in [5, 5.41) is 4.07. The molecule has 1 aromatic heterocycles. The highest BCUT2D eigenvalue weighted by Gasteiger charge is 2.30. The van der Waals surface area contributed by atoms with E-state index in [4.69, 9.17) is 5.73 Å². The van der Waals surface area contributed by atoms with Crippen LogP contribution in [0.2, 0.25) is 0 Å². The number of carbonyl (C=O) groups excluding carboxylic acids is 1. The molecule has 2 N–H and O–H groups in total. The van der Waals surface area contributed by atoms with E-state index < -0.39 is 0 Å². The first-order chi connectivity index (χ1) is 9.72. The lowest BCUT2D eigenvalue weighted by molar-refractivity contribution is -0.131. The monoisotopic (exact) mass is 277 g/mol. The van der Waals surface area contributed by atoms with Gasteiger partial charge in [-0.25, -0.2) is 0 Å². The standard InChI is InChI=1S/C14H23N5O/c15-13-5-9-19(16-13)11-14(20)18-8-4-12(10-18)17-6-2-1-3-7-17/h5,9,12H,1-4,6-8,10-11H2,(H2,15,16). The zero-order chi connectivity index (χ0) is 13.9. The van der Waals surface area contributed by atoms with E-state index in [2.05, 4.69) is 10.00 Å². The average Bonchev–Trinajstić information content (AvgIpc) is 3.09. The third kappa shape index (κ3) is 2.95. The molecule has 3 rings (SSSR count). The van der Waals surface area contributed by atoms with Crippen LogP contribution >= 0.6 is 0 Å². The number of likely N-dealkylation sites (tertiary alicyclic amines) is 2. The molecule has 3 heterocycles. The van der Waals surface area contributed by atoms with Crippen LogP contribution in [0.25, 0.3) is 0 Å². The lowest BCUT2D eigenvalue weighted by atomic mass is 10.1. The van der Waals surface area contributed by atoms with Gasteiger partial charge in [0.15, 0.2) is 0 Å². The van der Waals surface area contributed by atoms with Crippen molar-refractivity contribution in [3.05, 3.63) is 12.3 Å². The lowest BCUT2D eigenvalue weighted by Gasteiger charge is -2.32. The van der Waals surface area contributed by atoms with Gasteiger partial charge < -0.3 is 10.6 Å². The van der Waals surface area contributed by atoms with Gasteiger partial charge in [0.1, 0.15) is 12.4 Å². The van der Waals surface area contributed by atoms with E-state index in [9.17, 15) is 4.79 Å². The topological polar surface area (TPSA) is 67.4 Å². The molecule has 110 valence electrons. The number of nitrogen functional groups attached to an aromatic ring is 1. The van der Waals surface area contributed by atoms with Crippen LogP contribution in [0.15, 0.2) is 12.3 Å². The van der Waals surface area contributed by atoms with Crippen LogP contribution in [0.1, 0.15) is 25.7 Å². The van der Waals surface area contributed by atoms with Crippen molar-refractivity contribution in [3.63, 3.8) is 0 Å². The molecule has 6 nitrogen and oxygen atoms in total. The van der Waals surface area contributed by atoms with E-state index in [1.54, 1.807) is 16.9 Å². The van der Waals surface area contributed by atoms with Crippen LogP contribution in [0, 0.1) is 0 Å². The molecule has 20 heavy (non-hydrogen) atoms. The molecule has 0 bridgehead atoms. The molecule has 6 heteroatoms. The van der Waals surface area contributed by atoms with Gasteiger partial charge in [-0.2, -0.15) is 5.10 Å². The second kappa shape index (κ2) is 5.83. The van der Waals surface area contributed by atoms with Crippen molar-refractivity contribution >= 4 is 11.7 Å². The molecule has 2 fully saturated rings. The summed E-state index contributed by atoms with van der Waals surface area (Å²) in [6.07, 6.45) is 6.82. The summed E-state index contributed by atoms with van der Waals surface area (Å²) in [5.74, 6) is 0.609. The minimum absolute atomic E-state index is 0.146. The summed E-state index contributed by atoms with van der Waals surface area (Å²) in [5.41, 5.74) is 5.56. The van der Waals surface area contributed by atoms with Crippen LogP contribution in [-0.2, 0) is 11.3 Å². The second-order valence-electron chi connectivity index (χ2n) is 5.82. The van der Waals surface area contributed by atoms with Crippen molar-refractivity contribution in [1.29, 1.82) is 0 Å². The van der Waals surface area contributed by atoms with E-state index in [0.29, 0.717) is 18.4 Å². The summed E-state index contributed by atoms with van der Waals surface area (Å²) in [7, 11) is 0. The molecule has 0 radical (unpaired) electrons. The Hall–Kier alpha value is -1.56. The summed E-state index contributed by atoms with van der Waals surface area (Å²) in [6, 6.07) is 2.27. The molecular weight excluding hydrogens is 254 g/mol. The number of carbonyl (C=O) groups is 1. The van der Waals surface area contributed by atoms with E-state index in [1.807, 2.05) is 4.90 Å². The number of rotatable bonds is 3. The van der Waals surface area contributed by atoms with Gasteiger partial charge in [0.05, 0.1) is 0 Å². The van der Waals surface area contributed by atoms with Gasteiger partial charge in [-0.15, -0.1) is 0 Å². The molecule has 1 aromatic rings. The first kappa shape index (κ1) is 13.4. The zero-order valence-electron chi connectivity index (χ0n) is 11.9. The fourth-order valence-corrected chi connectivity index (χ4v) is 3.25. The third-order valence-electron chi connectivity index (χ3n) is 4.38. The Morgan fingerprint density at radius 3 is 2.80 bits per heavy atom. The van der Waals surface area contributed by atoms with Gasteiger partial charge in [0, 0.05) is 25.3 Å². The van der Waals surface area contributed by atoms with Crippen molar-refractivity contribution < 1.29 is 4.79 Å². The molecule has 1 unspecified atom stereocenters. The molecule has 0 aliphatic carbocycles. The fraction of sp³-hybridized carbons (Fsp3) is 0.714. The Morgan fingerprint density at radius 2 is 2.10 bits per heavy atom. The van der Waals surface area contributed by atoms with E-state index in [-0.39, 0.29) is 5.91 Å². The molecule has 2 aliphatic heterocycles. The molecular formula is C14H23N5O. The van der Waals surface area contributed by atoms with Gasteiger partial charge in [-0.05, 0) is 38.4 Å². The predicted octanol–water partition coefficient (Wildman–Crippen LogP) is 0.552. The maximum atomic E-state index is 12.3. The summed E-state index contributed by atoms with van der Waals surface area (Å²) in [6.45, 7) is 4.43. The summed E-state index contributed by atoms with van der Waals surface area (Å²) in [4.78, 5) is 16.8. The van der Waals surface area contributed by atoms with Gasteiger partial charge in [0.25, 0.3) is 0 Å². The number of hydrogen-bond donors (Lipinski definition) is 1. The third-order valence-corrected chi connectivity index (χ3v) is 4.38. The largest absolute Gasteiger partial charge is 0.382 e. The maximum Gasteiger partial charge on any atom is 0.244 e. The van der Waals surface area contributed by atoms with Gasteiger partial charge >= 0.3 is 0 Å². The van der Waals surface area contributed by atoms with E-state index in [1.165, 1.54) is 32.4 Å². The number of amides is 1. The Morgan fingerprint density at radius 1 is 1.30 bits per heavy atom. The van der Waals surface area contributed by atoms with Crippen molar-refractivity contribution in [2.75, 3.05) is 31.9 Å². The van der Waals surface area contributed by atoms with E-state index in [0.717, 1.165) is 19.5 Å². The zero-order valence-corrected chi connectivity index (χ0v) is 11.9. The maximum absolute atomic E-state index is 12.3. The number of hydrogen-bond acceptors (Lipinski definition) is 4. The van der Waals surface area contributed by atoms with Gasteiger partial charge in [-0.3, -0.25) is 14.4 Å². The van der Waals surface area contributed by atoms with Gasteiger partial charge in [-0.1, -0.05) is 6.42 Å². The van der Waals surface area contributed by atoms with Crippen LogP contribution in [0.5, 0.6) is 0 Å². The van der Waals surface area contributed by atoms with Crippen molar-refractivity contribution in [3.8, 4) is 0 Å². The SMILES string of the molecule is Nc1ccn(CC(=O)N2CCC(N3CCCCC3)C2)n1. The minimum atomic E-state index is 0.146. The summed E-state index contributed by atoms with van der Waals surface area (Å²) >= 11 is 0. The highest BCUT2D eigenvalue weighted by molar-refractivity contribution is 5.76. The van der Waals surface area contributed by atoms with Crippen molar-refractivity contribution in [2.24, 2.45) is 0 Å². The highest BCUT2D eigenvalue weighted by Crippen LogP contribution is 2.20. The molecule has 2 aliphatic rings. The molecule has 0 saturated carbocycles. The number of nitrogens with zero attached hydrogens (tertiary/aromatic N) is 4. The predicted molar refractivity (Wildman–Crippen MR) is 77.0 cm³/mol. The first-order valence-corrected chi connectivity index (χ1v) is 7.53. The number of nitrogens with two attached hydrogens (primary N) is 1. The normalized spacial score (nSPS) is 24.2. The first-order valence-electron chi connectivity index (χ1n) is 7.53. The Balaban J connectivity index is 1.52. The number of aromatic nitrogens is 2. The quantitative estimate of drug-likeness (QED) is 0.876. The fourth-order valence-electron chi connectivity index (χ4n) is 3.25. The molecule has 0 spiro atoms. The lowest BCUT2D eigenvalue weighted by Crippen LogP contribution is -2.42. The van der Waals surface area contributed by atoms with Crippen LogP contribution in [0.3, 0.4) is 0 Å².